The topological polar surface area (TPSA) is 57.5 Å². The Labute approximate surface area is 167 Å². The molecular formula is C22H30N4O2. The Bertz CT molecular complexity index is 701. The molecule has 2 aliphatic rings. The van der Waals surface area contributed by atoms with Gasteiger partial charge in [0.25, 0.3) is 0 Å². The van der Waals surface area contributed by atoms with Crippen molar-refractivity contribution in [3.8, 4) is 12.3 Å². The van der Waals surface area contributed by atoms with Gasteiger partial charge in [-0.05, 0) is 12.5 Å². The monoisotopic (exact) mass is 382 g/mol. The van der Waals surface area contributed by atoms with E-state index in [9.17, 15) is 4.79 Å². The number of nitrogens with zero attached hydrogens (tertiary/aromatic N) is 4. The van der Waals surface area contributed by atoms with E-state index in [0.717, 1.165) is 44.8 Å². The van der Waals surface area contributed by atoms with Crippen molar-refractivity contribution in [2.24, 2.45) is 10.2 Å². The highest BCUT2D eigenvalue weighted by atomic mass is 16.5. The Morgan fingerprint density at radius 2 is 2.00 bits per heavy atom. The molecule has 0 aromatic heterocycles. The van der Waals surface area contributed by atoms with E-state index in [4.69, 9.17) is 11.2 Å². The van der Waals surface area contributed by atoms with Gasteiger partial charge >= 0.3 is 0 Å². The average molecular weight is 383 g/mol. The standard InChI is InChI=1S/C22H30N4O2/c1-3-4-11-22(23-24-22)12-10-21(27)26(18-20-8-6-5-7-9-20)19(2)17-25-13-15-28-16-14-25/h1,5-9,19H,4,10-18H2,2H3. The van der Waals surface area contributed by atoms with Crippen molar-refractivity contribution in [2.45, 2.75) is 50.9 Å². The van der Waals surface area contributed by atoms with E-state index in [1.54, 1.807) is 0 Å². The van der Waals surface area contributed by atoms with E-state index in [-0.39, 0.29) is 11.9 Å². The summed E-state index contributed by atoms with van der Waals surface area (Å²) in [7, 11) is 0. The molecule has 1 atom stereocenters. The Hall–Kier alpha value is -2.23. The Morgan fingerprint density at radius 3 is 2.64 bits per heavy atom. The molecule has 1 aromatic rings. The lowest BCUT2D eigenvalue weighted by atomic mass is 10.0. The van der Waals surface area contributed by atoms with Gasteiger partial charge in [0.15, 0.2) is 5.66 Å². The quantitative estimate of drug-likeness (QED) is 0.584. The van der Waals surface area contributed by atoms with Gasteiger partial charge in [0.05, 0.1) is 13.2 Å². The van der Waals surface area contributed by atoms with Crippen molar-refractivity contribution < 1.29 is 9.53 Å². The zero-order chi connectivity index (χ0) is 19.8. The van der Waals surface area contributed by atoms with E-state index >= 15 is 0 Å². The third kappa shape index (κ3) is 5.88. The zero-order valence-corrected chi connectivity index (χ0v) is 16.7. The molecule has 0 saturated carbocycles. The SMILES string of the molecule is C#CCCC1(CCC(=O)N(Cc2ccccc2)C(C)CN2CCOCC2)N=N1. The van der Waals surface area contributed by atoms with Crippen molar-refractivity contribution >= 4 is 5.91 Å². The molecule has 1 unspecified atom stereocenters. The lowest BCUT2D eigenvalue weighted by molar-refractivity contribution is -0.134. The maximum Gasteiger partial charge on any atom is 0.223 e. The molecule has 1 fully saturated rings. The number of hydrogen-bond acceptors (Lipinski definition) is 5. The first-order valence-electron chi connectivity index (χ1n) is 10.1. The largest absolute Gasteiger partial charge is 0.379 e. The molecule has 1 aromatic carbocycles. The fraction of sp³-hybridized carbons (Fsp3) is 0.591. The number of amides is 1. The van der Waals surface area contributed by atoms with E-state index in [0.29, 0.717) is 25.8 Å². The second-order valence-corrected chi connectivity index (χ2v) is 7.66. The summed E-state index contributed by atoms with van der Waals surface area (Å²) >= 11 is 0. The van der Waals surface area contributed by atoms with Crippen LogP contribution in [0, 0.1) is 12.3 Å². The number of benzene rings is 1. The maximum atomic E-state index is 13.1. The summed E-state index contributed by atoms with van der Waals surface area (Å²) in [6, 6.07) is 10.3. The van der Waals surface area contributed by atoms with Gasteiger partial charge in [-0.15, -0.1) is 12.3 Å². The molecule has 6 heteroatoms. The lowest BCUT2D eigenvalue weighted by Gasteiger charge is -2.35. The first-order valence-corrected chi connectivity index (χ1v) is 10.1. The molecule has 0 spiro atoms. The first kappa shape index (κ1) is 20.5. The fourth-order valence-corrected chi connectivity index (χ4v) is 3.64. The molecule has 2 aliphatic heterocycles. The smallest absolute Gasteiger partial charge is 0.223 e. The van der Waals surface area contributed by atoms with Crippen molar-refractivity contribution in [3.05, 3.63) is 35.9 Å². The van der Waals surface area contributed by atoms with Crippen LogP contribution in [-0.4, -0.2) is 60.3 Å². The Balaban J connectivity index is 1.61. The summed E-state index contributed by atoms with van der Waals surface area (Å²) < 4.78 is 5.44. The maximum absolute atomic E-state index is 13.1. The van der Waals surface area contributed by atoms with Crippen molar-refractivity contribution in [3.63, 3.8) is 0 Å². The van der Waals surface area contributed by atoms with Crippen LogP contribution in [0.5, 0.6) is 0 Å². The second-order valence-electron chi connectivity index (χ2n) is 7.66. The van der Waals surface area contributed by atoms with Gasteiger partial charge in [-0.1, -0.05) is 30.3 Å². The number of rotatable bonds is 10. The number of hydrogen-bond donors (Lipinski definition) is 0. The summed E-state index contributed by atoms with van der Waals surface area (Å²) in [6.45, 7) is 6.99. The van der Waals surface area contributed by atoms with E-state index < -0.39 is 5.66 Å². The van der Waals surface area contributed by atoms with Gasteiger partial charge in [0.1, 0.15) is 0 Å². The zero-order valence-electron chi connectivity index (χ0n) is 16.7. The molecule has 1 amide bonds. The van der Waals surface area contributed by atoms with Gasteiger partial charge in [0, 0.05) is 57.9 Å². The summed E-state index contributed by atoms with van der Waals surface area (Å²) in [5.74, 6) is 2.79. The Morgan fingerprint density at radius 1 is 1.29 bits per heavy atom. The minimum Gasteiger partial charge on any atom is -0.379 e. The predicted molar refractivity (Wildman–Crippen MR) is 109 cm³/mol. The Kier molecular flexibility index (Phi) is 7.18. The molecule has 2 heterocycles. The number of morpholine rings is 1. The van der Waals surface area contributed by atoms with Crippen LogP contribution in [-0.2, 0) is 16.1 Å². The van der Waals surface area contributed by atoms with Gasteiger partial charge in [0.2, 0.25) is 5.91 Å². The van der Waals surface area contributed by atoms with E-state index in [1.807, 2.05) is 23.1 Å². The number of terminal acetylenes is 1. The van der Waals surface area contributed by atoms with E-state index in [2.05, 4.69) is 40.1 Å². The van der Waals surface area contributed by atoms with Gasteiger partial charge in [-0.2, -0.15) is 10.2 Å². The normalized spacial score (nSPS) is 19.0. The predicted octanol–water partition coefficient (Wildman–Crippen LogP) is 3.09. The second kappa shape index (κ2) is 9.81. The molecular weight excluding hydrogens is 352 g/mol. The number of carbonyl (C=O) groups is 1. The summed E-state index contributed by atoms with van der Waals surface area (Å²) in [4.78, 5) is 17.5. The lowest BCUT2D eigenvalue weighted by Crippen LogP contribution is -2.48. The fourth-order valence-electron chi connectivity index (χ4n) is 3.64. The van der Waals surface area contributed by atoms with Crippen LogP contribution < -0.4 is 0 Å². The first-order chi connectivity index (χ1) is 13.6. The summed E-state index contributed by atoms with van der Waals surface area (Å²) in [6.07, 6.45) is 7.82. The van der Waals surface area contributed by atoms with Crippen LogP contribution in [0.3, 0.4) is 0 Å². The molecule has 150 valence electrons. The molecule has 1 saturated heterocycles. The average Bonchev–Trinajstić information content (AvgIpc) is 3.50. The molecule has 6 nitrogen and oxygen atoms in total. The number of ether oxygens (including phenoxy) is 1. The van der Waals surface area contributed by atoms with Gasteiger partial charge < -0.3 is 9.64 Å². The minimum atomic E-state index is -0.409. The number of carbonyl (C=O) groups excluding carboxylic acids is 1. The highest BCUT2D eigenvalue weighted by Gasteiger charge is 2.40. The highest BCUT2D eigenvalue weighted by molar-refractivity contribution is 5.76. The third-order valence-electron chi connectivity index (χ3n) is 5.47. The van der Waals surface area contributed by atoms with Crippen molar-refractivity contribution in [1.29, 1.82) is 0 Å². The van der Waals surface area contributed by atoms with Gasteiger partial charge in [-0.3, -0.25) is 9.69 Å². The van der Waals surface area contributed by atoms with Crippen LogP contribution in [0.15, 0.2) is 40.6 Å². The van der Waals surface area contributed by atoms with Crippen LogP contribution >= 0.6 is 0 Å². The molecule has 0 radical (unpaired) electrons. The van der Waals surface area contributed by atoms with Crippen molar-refractivity contribution in [2.75, 3.05) is 32.8 Å². The summed E-state index contributed by atoms with van der Waals surface area (Å²) in [5.41, 5.74) is 0.737. The van der Waals surface area contributed by atoms with E-state index in [1.165, 1.54) is 0 Å². The minimum absolute atomic E-state index is 0.126. The van der Waals surface area contributed by atoms with Crippen LogP contribution in [0.1, 0.15) is 38.2 Å². The molecule has 0 bridgehead atoms. The molecule has 3 rings (SSSR count). The third-order valence-corrected chi connectivity index (χ3v) is 5.47. The molecule has 28 heavy (non-hydrogen) atoms. The molecule has 0 N–H and O–H groups in total. The highest BCUT2D eigenvalue weighted by Crippen LogP contribution is 2.37. The summed E-state index contributed by atoms with van der Waals surface area (Å²) in [5, 5.41) is 8.32. The van der Waals surface area contributed by atoms with Crippen molar-refractivity contribution in [1.82, 2.24) is 9.80 Å². The van der Waals surface area contributed by atoms with Crippen LogP contribution in [0.4, 0.5) is 0 Å². The van der Waals surface area contributed by atoms with Gasteiger partial charge in [-0.25, -0.2) is 0 Å². The molecule has 0 aliphatic carbocycles. The van der Waals surface area contributed by atoms with Crippen LogP contribution in [0.25, 0.3) is 0 Å². The van der Waals surface area contributed by atoms with Crippen LogP contribution in [0.2, 0.25) is 0 Å².